The molecule has 7 N–H and O–H groups in total. The monoisotopic (exact) mass is 272 g/mol. The first-order valence-corrected chi connectivity index (χ1v) is 5.33. The van der Waals surface area contributed by atoms with E-state index < -0.39 is 11.7 Å². The van der Waals surface area contributed by atoms with Crippen LogP contribution in [0.1, 0.15) is 11.1 Å². The molecule has 0 unspecified atom stereocenters. The van der Waals surface area contributed by atoms with Crippen molar-refractivity contribution in [1.82, 2.24) is 0 Å². The minimum absolute atomic E-state index is 0.0500. The van der Waals surface area contributed by atoms with Gasteiger partial charge in [0.05, 0.1) is 11.4 Å². The smallest absolute Gasteiger partial charge is 0.398 e. The topological polar surface area (TPSA) is 90.1 Å². The van der Waals surface area contributed by atoms with E-state index in [9.17, 15) is 13.2 Å². The predicted molar refractivity (Wildman–Crippen MR) is 69.6 cm³/mol. The molecule has 0 aliphatic heterocycles. The molecule has 0 saturated carbocycles. The van der Waals surface area contributed by atoms with E-state index >= 15 is 0 Å². The first-order chi connectivity index (χ1) is 8.75. The summed E-state index contributed by atoms with van der Waals surface area (Å²) >= 11 is 0. The van der Waals surface area contributed by atoms with Crippen LogP contribution >= 0.6 is 0 Å². The summed E-state index contributed by atoms with van der Waals surface area (Å²) in [5.41, 5.74) is 16.1. The number of hydrogen-bond acceptors (Lipinski definition) is 4. The van der Waals surface area contributed by atoms with Crippen LogP contribution in [0.15, 0.2) is 36.2 Å². The summed E-state index contributed by atoms with van der Waals surface area (Å²) in [6.45, 7) is 0. The normalized spacial score (nSPS) is 12.1. The third-order valence-corrected chi connectivity index (χ3v) is 2.38. The van der Waals surface area contributed by atoms with E-state index in [0.29, 0.717) is 5.56 Å². The fourth-order valence-corrected chi connectivity index (χ4v) is 1.46. The Morgan fingerprint density at radius 3 is 2.26 bits per heavy atom. The van der Waals surface area contributed by atoms with Crippen LogP contribution in [0.4, 0.5) is 18.9 Å². The van der Waals surface area contributed by atoms with Crippen LogP contribution in [-0.4, -0.2) is 7.05 Å². The Morgan fingerprint density at radius 1 is 1.16 bits per heavy atom. The fourth-order valence-electron chi connectivity index (χ4n) is 1.46. The minimum Gasteiger partial charge on any atom is -0.398 e. The molecular weight excluding hydrogens is 257 g/mol. The molecule has 0 saturated heterocycles. The van der Waals surface area contributed by atoms with Crippen LogP contribution in [0.25, 0.3) is 5.70 Å². The second-order valence-electron chi connectivity index (χ2n) is 3.80. The molecule has 1 rings (SSSR count). The van der Waals surface area contributed by atoms with E-state index in [0.717, 1.165) is 6.07 Å². The highest BCUT2D eigenvalue weighted by Gasteiger charge is 2.33. The van der Waals surface area contributed by atoms with Gasteiger partial charge in [0.2, 0.25) is 0 Å². The van der Waals surface area contributed by atoms with Crippen LogP contribution in [0, 0.1) is 0 Å². The molecule has 19 heavy (non-hydrogen) atoms. The number of alkyl halides is 3. The lowest BCUT2D eigenvalue weighted by Crippen LogP contribution is -2.10. The summed E-state index contributed by atoms with van der Waals surface area (Å²) < 4.78 is 38.1. The molecule has 0 spiro atoms. The standard InChI is InChI=1S/C12H15F3N4/c1-19-10-6-7(9(16)4-5-11(17)18)2-3-8(10)12(13,14)15/h2-6,19H,16-18H2,1H3/b9-4-. The fraction of sp³-hybridized carbons (Fsp3) is 0.167. The van der Waals surface area contributed by atoms with Crippen LogP contribution in [0.2, 0.25) is 0 Å². The predicted octanol–water partition coefficient (Wildman–Crippen LogP) is 1.81. The third kappa shape index (κ3) is 3.84. The molecule has 0 atom stereocenters. The van der Waals surface area contributed by atoms with Gasteiger partial charge in [-0.05, 0) is 29.8 Å². The van der Waals surface area contributed by atoms with E-state index in [1.807, 2.05) is 0 Å². The van der Waals surface area contributed by atoms with Crippen LogP contribution < -0.4 is 22.5 Å². The Morgan fingerprint density at radius 2 is 1.79 bits per heavy atom. The summed E-state index contributed by atoms with van der Waals surface area (Å²) in [5, 5.41) is 2.49. The van der Waals surface area contributed by atoms with Crippen molar-refractivity contribution in [2.45, 2.75) is 6.18 Å². The highest BCUT2D eigenvalue weighted by molar-refractivity contribution is 5.69. The summed E-state index contributed by atoms with van der Waals surface area (Å²) in [6.07, 6.45) is -1.62. The molecule has 0 aliphatic carbocycles. The maximum Gasteiger partial charge on any atom is 0.418 e. The van der Waals surface area contributed by atoms with E-state index in [2.05, 4.69) is 5.32 Å². The van der Waals surface area contributed by atoms with Crippen molar-refractivity contribution < 1.29 is 13.2 Å². The number of hydrogen-bond donors (Lipinski definition) is 4. The van der Waals surface area contributed by atoms with E-state index in [1.54, 1.807) is 0 Å². The molecule has 4 nitrogen and oxygen atoms in total. The molecule has 1 aromatic carbocycles. The molecule has 1 aromatic rings. The van der Waals surface area contributed by atoms with Crippen molar-refractivity contribution >= 4 is 11.4 Å². The number of halogens is 3. The second kappa shape index (κ2) is 5.55. The van der Waals surface area contributed by atoms with Crippen molar-refractivity contribution in [3.63, 3.8) is 0 Å². The zero-order valence-corrected chi connectivity index (χ0v) is 10.3. The lowest BCUT2D eigenvalue weighted by Gasteiger charge is -2.14. The number of anilines is 1. The zero-order chi connectivity index (χ0) is 14.6. The van der Waals surface area contributed by atoms with Crippen molar-refractivity contribution in [2.75, 3.05) is 12.4 Å². The number of rotatable bonds is 3. The minimum atomic E-state index is -4.42. The van der Waals surface area contributed by atoms with Gasteiger partial charge in [0.25, 0.3) is 0 Å². The SMILES string of the molecule is CNc1cc(/C(N)=C/C=C(N)N)ccc1C(F)(F)F. The van der Waals surface area contributed by atoms with Gasteiger partial charge in [0.15, 0.2) is 0 Å². The molecule has 104 valence electrons. The van der Waals surface area contributed by atoms with Crippen molar-refractivity contribution in [1.29, 1.82) is 0 Å². The largest absolute Gasteiger partial charge is 0.418 e. The maximum atomic E-state index is 12.7. The van der Waals surface area contributed by atoms with Gasteiger partial charge in [-0.25, -0.2) is 0 Å². The number of benzene rings is 1. The maximum absolute atomic E-state index is 12.7. The highest BCUT2D eigenvalue weighted by atomic mass is 19.4. The first-order valence-electron chi connectivity index (χ1n) is 5.33. The van der Waals surface area contributed by atoms with Crippen LogP contribution in [0.5, 0.6) is 0 Å². The highest BCUT2D eigenvalue weighted by Crippen LogP contribution is 2.35. The van der Waals surface area contributed by atoms with Gasteiger partial charge in [-0.3, -0.25) is 0 Å². The van der Waals surface area contributed by atoms with Gasteiger partial charge in [-0.1, -0.05) is 6.07 Å². The van der Waals surface area contributed by atoms with Gasteiger partial charge in [-0.2, -0.15) is 13.2 Å². The Labute approximate surface area is 108 Å². The Kier molecular flexibility index (Phi) is 4.31. The molecule has 0 aromatic heterocycles. The first kappa shape index (κ1) is 14.7. The van der Waals surface area contributed by atoms with Gasteiger partial charge in [-0.15, -0.1) is 0 Å². The number of nitrogens with two attached hydrogens (primary N) is 3. The van der Waals surface area contributed by atoms with Crippen molar-refractivity contribution in [3.05, 3.63) is 47.3 Å². The summed E-state index contributed by atoms with van der Waals surface area (Å²) in [6, 6.07) is 3.57. The van der Waals surface area contributed by atoms with E-state index in [-0.39, 0.29) is 17.2 Å². The van der Waals surface area contributed by atoms with E-state index in [4.69, 9.17) is 17.2 Å². The van der Waals surface area contributed by atoms with E-state index in [1.165, 1.54) is 31.3 Å². The quantitative estimate of drug-likeness (QED) is 0.632. The summed E-state index contributed by atoms with van der Waals surface area (Å²) in [4.78, 5) is 0. The zero-order valence-electron chi connectivity index (χ0n) is 10.3. The lowest BCUT2D eigenvalue weighted by molar-refractivity contribution is -0.136. The van der Waals surface area contributed by atoms with Crippen LogP contribution in [0.3, 0.4) is 0 Å². The molecule has 0 aliphatic rings. The summed E-state index contributed by atoms with van der Waals surface area (Å²) in [7, 11) is 1.41. The number of allylic oxidation sites excluding steroid dienone is 2. The molecule has 0 fully saturated rings. The lowest BCUT2D eigenvalue weighted by atomic mass is 10.1. The van der Waals surface area contributed by atoms with Gasteiger partial charge in [0.1, 0.15) is 0 Å². The molecule has 0 radical (unpaired) electrons. The Bertz CT molecular complexity index is 514. The average Bonchev–Trinajstić information content (AvgIpc) is 2.33. The van der Waals surface area contributed by atoms with Crippen LogP contribution in [-0.2, 0) is 6.18 Å². The van der Waals surface area contributed by atoms with Gasteiger partial charge < -0.3 is 22.5 Å². The van der Waals surface area contributed by atoms with Gasteiger partial charge in [0, 0.05) is 18.4 Å². The Balaban J connectivity index is 3.21. The molecule has 0 bridgehead atoms. The Hall–Kier alpha value is -2.31. The van der Waals surface area contributed by atoms with Crippen molar-refractivity contribution in [2.24, 2.45) is 17.2 Å². The average molecular weight is 272 g/mol. The molecule has 0 amide bonds. The molecular formula is C12H15F3N4. The summed E-state index contributed by atoms with van der Waals surface area (Å²) in [5.74, 6) is 0.0590. The number of nitrogens with one attached hydrogen (secondary N) is 1. The third-order valence-electron chi connectivity index (χ3n) is 2.38. The second-order valence-corrected chi connectivity index (χ2v) is 3.80. The van der Waals surface area contributed by atoms with Gasteiger partial charge >= 0.3 is 6.18 Å². The van der Waals surface area contributed by atoms with Crippen molar-refractivity contribution in [3.8, 4) is 0 Å². The molecule has 7 heteroatoms. The molecule has 0 heterocycles.